The number of halogens is 3. The first-order valence-electron chi connectivity index (χ1n) is 4.52. The van der Waals surface area contributed by atoms with Gasteiger partial charge in [-0.1, -0.05) is 6.07 Å². The van der Waals surface area contributed by atoms with E-state index in [0.29, 0.717) is 0 Å². The zero-order valence-electron chi connectivity index (χ0n) is 8.91. The Balaban J connectivity index is 0.000000293. The van der Waals surface area contributed by atoms with Crippen molar-refractivity contribution >= 4 is 5.97 Å². The predicted molar refractivity (Wildman–Crippen MR) is 48.1 cm³/mol. The number of rotatable bonds is 1. The fourth-order valence-corrected chi connectivity index (χ4v) is 0.917. The number of hydrogen-bond acceptors (Lipinski definition) is 2. The Hall–Kier alpha value is -1.59. The van der Waals surface area contributed by atoms with Crippen molar-refractivity contribution in [2.24, 2.45) is 0 Å². The molecule has 0 saturated heterocycles. The molecular weight excluding hydrogens is 223 g/mol. The van der Waals surface area contributed by atoms with Crippen LogP contribution in [0.2, 0.25) is 0 Å². The Bertz CT molecular complexity index is 350. The van der Waals surface area contributed by atoms with Gasteiger partial charge in [0.1, 0.15) is 12.5 Å². The van der Waals surface area contributed by atoms with Crippen LogP contribution < -0.4 is 9.67 Å². The van der Waals surface area contributed by atoms with Gasteiger partial charge in [-0.3, -0.25) is 0 Å². The fraction of sp³-hybridized carbons (Fsp3) is 0.400. The lowest BCUT2D eigenvalue weighted by atomic mass is 10.4. The maximum Gasteiger partial charge on any atom is 0.430 e. The first-order chi connectivity index (χ1) is 7.29. The smallest absolute Gasteiger partial charge is 0.430 e. The first-order valence-corrected chi connectivity index (χ1v) is 4.52. The van der Waals surface area contributed by atoms with E-state index in [0.717, 1.165) is 6.54 Å². The molecule has 1 rings (SSSR count). The monoisotopic (exact) mass is 235 g/mol. The molecule has 0 spiro atoms. The molecule has 1 aromatic heterocycles. The van der Waals surface area contributed by atoms with Crippen molar-refractivity contribution in [1.29, 1.82) is 0 Å². The highest BCUT2D eigenvalue weighted by atomic mass is 19.4. The summed E-state index contributed by atoms with van der Waals surface area (Å²) in [6.07, 6.45) is -3.10. The highest BCUT2D eigenvalue weighted by Crippen LogP contribution is 2.11. The molecule has 0 N–H and O–H groups in total. The van der Waals surface area contributed by atoms with Crippen molar-refractivity contribution in [3.05, 3.63) is 30.1 Å². The largest absolute Gasteiger partial charge is 0.542 e. The third-order valence-corrected chi connectivity index (χ3v) is 1.74. The van der Waals surface area contributed by atoms with E-state index in [-0.39, 0.29) is 0 Å². The number of nitrogens with zero attached hydrogens (tertiary/aromatic N) is 1. The van der Waals surface area contributed by atoms with Gasteiger partial charge in [-0.2, -0.15) is 13.2 Å². The molecule has 0 bridgehead atoms. The zero-order chi connectivity index (χ0) is 12.8. The van der Waals surface area contributed by atoms with Crippen LogP contribution >= 0.6 is 0 Å². The summed E-state index contributed by atoms with van der Waals surface area (Å²) in [5, 5.41) is 8.78. The van der Waals surface area contributed by atoms with E-state index in [9.17, 15) is 13.2 Å². The second-order valence-corrected chi connectivity index (χ2v) is 2.91. The van der Waals surface area contributed by atoms with E-state index in [1.54, 1.807) is 0 Å². The van der Waals surface area contributed by atoms with Gasteiger partial charge in [0.15, 0.2) is 11.9 Å². The number of alkyl halides is 3. The Morgan fingerprint density at radius 1 is 1.44 bits per heavy atom. The van der Waals surface area contributed by atoms with Crippen LogP contribution in [0.5, 0.6) is 0 Å². The average Bonchev–Trinajstić information content (AvgIpc) is 2.18. The lowest BCUT2D eigenvalue weighted by Crippen LogP contribution is -2.37. The third-order valence-electron chi connectivity index (χ3n) is 1.74. The summed E-state index contributed by atoms with van der Waals surface area (Å²) in [6, 6.07) is 6.22. The van der Waals surface area contributed by atoms with Crippen LogP contribution in [0.15, 0.2) is 24.4 Å². The topological polar surface area (TPSA) is 44.0 Å². The normalized spacial score (nSPS) is 10.3. The molecule has 90 valence electrons. The van der Waals surface area contributed by atoms with Crippen LogP contribution in [0.4, 0.5) is 13.2 Å². The van der Waals surface area contributed by atoms with Crippen LogP contribution in [0.3, 0.4) is 0 Å². The number of aryl methyl sites for hydroxylation is 2. The number of carboxylic acids is 1. The molecule has 0 aliphatic rings. The number of hydrogen-bond donors (Lipinski definition) is 0. The van der Waals surface area contributed by atoms with E-state index >= 15 is 0 Å². The second-order valence-electron chi connectivity index (χ2n) is 2.91. The predicted octanol–water partition coefficient (Wildman–Crippen LogP) is 0.601. The second kappa shape index (κ2) is 6.09. The molecule has 1 heterocycles. The quantitative estimate of drug-likeness (QED) is 0.669. The molecule has 0 radical (unpaired) electrons. The van der Waals surface area contributed by atoms with Crippen LogP contribution in [0.25, 0.3) is 0 Å². The summed E-state index contributed by atoms with van der Waals surface area (Å²) < 4.78 is 33.8. The molecule has 1 aromatic rings. The van der Waals surface area contributed by atoms with Gasteiger partial charge in [0.05, 0.1) is 0 Å². The number of carbonyl (C=O) groups is 1. The van der Waals surface area contributed by atoms with E-state index in [1.165, 1.54) is 5.69 Å². The van der Waals surface area contributed by atoms with Gasteiger partial charge in [-0.25, -0.2) is 4.57 Å². The van der Waals surface area contributed by atoms with Crippen LogP contribution in [0.1, 0.15) is 12.6 Å². The van der Waals surface area contributed by atoms with Gasteiger partial charge in [-0.15, -0.1) is 0 Å². The molecular formula is C10H12F3NO2. The highest BCUT2D eigenvalue weighted by Gasteiger charge is 2.28. The molecule has 0 aliphatic heterocycles. The maximum absolute atomic E-state index is 10.5. The Morgan fingerprint density at radius 3 is 2.19 bits per heavy atom. The van der Waals surface area contributed by atoms with Crippen molar-refractivity contribution < 1.29 is 27.6 Å². The SMILES string of the molecule is CC[n+]1ccccc1C.O=C([O-])C(F)(F)F. The summed E-state index contributed by atoms with van der Waals surface area (Å²) in [7, 11) is 0. The minimum atomic E-state index is -5.19. The van der Waals surface area contributed by atoms with E-state index in [2.05, 4.69) is 42.8 Å². The lowest BCUT2D eigenvalue weighted by molar-refractivity contribution is -0.699. The number of aromatic nitrogens is 1. The van der Waals surface area contributed by atoms with Crippen LogP contribution in [0, 0.1) is 6.92 Å². The van der Waals surface area contributed by atoms with Gasteiger partial charge in [0.25, 0.3) is 0 Å². The summed E-state index contributed by atoms with van der Waals surface area (Å²) in [5.74, 6) is -3.01. The number of pyridine rings is 1. The molecule has 16 heavy (non-hydrogen) atoms. The van der Waals surface area contributed by atoms with Crippen molar-refractivity contribution in [2.45, 2.75) is 26.6 Å². The molecule has 0 aliphatic carbocycles. The lowest BCUT2D eigenvalue weighted by Gasteiger charge is -2.03. The zero-order valence-corrected chi connectivity index (χ0v) is 8.91. The molecule has 3 nitrogen and oxygen atoms in total. The van der Waals surface area contributed by atoms with Gasteiger partial charge in [-0.05, 0) is 6.92 Å². The average molecular weight is 235 g/mol. The highest BCUT2D eigenvalue weighted by molar-refractivity contribution is 5.70. The summed E-state index contributed by atoms with van der Waals surface area (Å²) >= 11 is 0. The van der Waals surface area contributed by atoms with Crippen molar-refractivity contribution in [3.63, 3.8) is 0 Å². The number of carbonyl (C=O) groups excluding carboxylic acids is 1. The van der Waals surface area contributed by atoms with Crippen molar-refractivity contribution in [3.8, 4) is 0 Å². The molecule has 0 unspecified atom stereocenters. The van der Waals surface area contributed by atoms with Gasteiger partial charge < -0.3 is 9.90 Å². The van der Waals surface area contributed by atoms with Gasteiger partial charge in [0.2, 0.25) is 0 Å². The van der Waals surface area contributed by atoms with Crippen LogP contribution in [-0.4, -0.2) is 12.1 Å². The van der Waals surface area contributed by atoms with Gasteiger partial charge >= 0.3 is 6.18 Å². The summed E-state index contributed by atoms with van der Waals surface area (Å²) in [5.41, 5.74) is 1.32. The minimum absolute atomic E-state index is 1.06. The minimum Gasteiger partial charge on any atom is -0.542 e. The first kappa shape index (κ1) is 14.4. The van der Waals surface area contributed by atoms with Crippen molar-refractivity contribution in [2.75, 3.05) is 0 Å². The summed E-state index contributed by atoms with van der Waals surface area (Å²) in [6.45, 7) is 5.32. The Kier molecular flexibility index (Phi) is 5.49. The molecule has 0 aromatic carbocycles. The fourth-order valence-electron chi connectivity index (χ4n) is 0.917. The van der Waals surface area contributed by atoms with E-state index in [4.69, 9.17) is 9.90 Å². The molecule has 0 amide bonds. The van der Waals surface area contributed by atoms with Crippen LogP contribution in [-0.2, 0) is 11.3 Å². The molecule has 0 atom stereocenters. The Morgan fingerprint density at radius 2 is 1.94 bits per heavy atom. The standard InChI is InChI=1S/C8H12N.C2HF3O2/c1-3-9-7-5-4-6-8(9)2;3-2(4,5)1(6)7/h4-7H,3H2,1-2H3;(H,6,7)/q+1;/p-1. The van der Waals surface area contributed by atoms with Crippen molar-refractivity contribution in [1.82, 2.24) is 0 Å². The van der Waals surface area contributed by atoms with E-state index < -0.39 is 12.1 Å². The Labute approximate surface area is 91.1 Å². The van der Waals surface area contributed by atoms with E-state index in [1.807, 2.05) is 0 Å². The molecule has 6 heteroatoms. The third kappa shape index (κ3) is 5.33. The molecule has 0 saturated carbocycles. The summed E-state index contributed by atoms with van der Waals surface area (Å²) in [4.78, 5) is 8.78. The van der Waals surface area contributed by atoms with Gasteiger partial charge in [0, 0.05) is 19.1 Å². The number of carboxylic acid groups (broad SMARTS) is 1. The molecule has 0 fully saturated rings. The number of aliphatic carboxylic acids is 1. The maximum atomic E-state index is 10.5.